The number of hydrogen-bond acceptors (Lipinski definition) is 18. The number of nitrogens with one attached hydrogen (secondary N) is 2. The van der Waals surface area contributed by atoms with Gasteiger partial charge in [-0.3, -0.25) is 18.1 Å². The standard InChI is InChI=1S/C15H31N3O13P2.C5H5N5S/c16-13-1-7(20)11(28-13)5-25-32(21,22)31-9-3-15(18)29-12(9)6-26-33(23,24)30-8-2-14(17)27-10(8)4-19;6-5-9-3-2(4(11)10-5)7-1-8-3/h7-15,19-20H,1-6,16-18H2,(H,21,22)(H,23,24);1H,(H4,6,7,8,9,10,11). The fraction of sp³-hybridized carbons (Fsp3) is 0.750. The summed E-state index contributed by atoms with van der Waals surface area (Å²) in [6.45, 7) is -1.51. The maximum absolute atomic E-state index is 12.3. The van der Waals surface area contributed by atoms with Gasteiger partial charge in [-0.05, 0) is 0 Å². The van der Waals surface area contributed by atoms with Gasteiger partial charge in [-0.2, -0.15) is 0 Å². The van der Waals surface area contributed by atoms with Crippen LogP contribution in [-0.4, -0.2) is 115 Å². The highest BCUT2D eigenvalue weighted by molar-refractivity contribution is 7.71. The molecule has 21 nitrogen and oxygen atoms in total. The predicted octanol–water partition coefficient (Wildman–Crippen LogP) is -1.84. The SMILES string of the molecule is NC1CC(O)C(COP(=O)(O)OC2CC(N)OC2COP(=O)(O)OC2CC(N)OC2CO)O1.Nc1nc(=S)c2[nH]cnc2[nH]1. The molecule has 11 atom stereocenters. The Morgan fingerprint density at radius 1 is 0.932 bits per heavy atom. The molecular weight excluding hydrogens is 654 g/mol. The maximum atomic E-state index is 12.3. The van der Waals surface area contributed by atoms with Gasteiger partial charge in [0.1, 0.15) is 54.7 Å². The zero-order chi connectivity index (χ0) is 32.2. The number of ether oxygens (including phenoxy) is 3. The monoisotopic (exact) mass is 690 g/mol. The summed E-state index contributed by atoms with van der Waals surface area (Å²) in [5, 5.41) is 19.0. The number of aliphatic hydroxyl groups is 2. The van der Waals surface area contributed by atoms with E-state index in [4.69, 9.17) is 67.5 Å². The highest BCUT2D eigenvalue weighted by atomic mass is 32.1. The number of H-pyrrole nitrogens is 2. The number of fused-ring (bicyclic) bond motifs is 1. The molecule has 14 N–H and O–H groups in total. The van der Waals surface area contributed by atoms with Crippen molar-refractivity contribution < 1.29 is 61.4 Å². The topological polar surface area (TPSA) is 341 Å². The van der Waals surface area contributed by atoms with Gasteiger partial charge in [-0.25, -0.2) is 19.1 Å². The average Bonchev–Trinajstić information content (AvgIpc) is 3.68. The molecule has 2 aromatic rings. The first-order valence-electron chi connectivity index (χ1n) is 13.2. The van der Waals surface area contributed by atoms with Gasteiger partial charge < -0.3 is 67.1 Å². The van der Waals surface area contributed by atoms with Crippen LogP contribution in [0.4, 0.5) is 5.95 Å². The van der Waals surface area contributed by atoms with E-state index in [0.29, 0.717) is 15.8 Å². The Kier molecular flexibility index (Phi) is 12.0. The van der Waals surface area contributed by atoms with Crippen LogP contribution in [0, 0.1) is 4.64 Å². The van der Waals surface area contributed by atoms with Crippen LogP contribution in [0.2, 0.25) is 0 Å². The number of nitrogens with zero attached hydrogens (tertiary/aromatic N) is 2. The number of imidazole rings is 1. The number of hydrogen-bond donors (Lipinski definition) is 10. The number of phosphoric ester groups is 2. The van der Waals surface area contributed by atoms with E-state index in [1.807, 2.05) is 0 Å². The maximum Gasteiger partial charge on any atom is 0.472 e. The van der Waals surface area contributed by atoms with E-state index in [2.05, 4.69) is 19.9 Å². The van der Waals surface area contributed by atoms with E-state index < -0.39 is 90.8 Å². The Balaban J connectivity index is 0.000000333. The van der Waals surface area contributed by atoms with Crippen LogP contribution in [0.15, 0.2) is 6.33 Å². The summed E-state index contributed by atoms with van der Waals surface area (Å²) >= 11 is 4.91. The Labute approximate surface area is 254 Å². The van der Waals surface area contributed by atoms with Gasteiger partial charge >= 0.3 is 15.6 Å². The van der Waals surface area contributed by atoms with Gasteiger partial charge in [-0.15, -0.1) is 0 Å². The zero-order valence-electron chi connectivity index (χ0n) is 23.0. The average molecular weight is 691 g/mol. The lowest BCUT2D eigenvalue weighted by Crippen LogP contribution is -2.31. The molecule has 5 heterocycles. The highest BCUT2D eigenvalue weighted by Crippen LogP contribution is 2.50. The van der Waals surface area contributed by atoms with Gasteiger partial charge in [-0.1, -0.05) is 12.2 Å². The van der Waals surface area contributed by atoms with Gasteiger partial charge in [0.15, 0.2) is 10.3 Å². The first kappa shape index (κ1) is 35.3. The first-order valence-corrected chi connectivity index (χ1v) is 16.6. The van der Waals surface area contributed by atoms with E-state index in [9.17, 15) is 29.1 Å². The minimum absolute atomic E-state index is 0.0378. The first-order chi connectivity index (χ1) is 20.6. The summed E-state index contributed by atoms with van der Waals surface area (Å²) < 4.78 is 60.7. The molecule has 5 rings (SSSR count). The summed E-state index contributed by atoms with van der Waals surface area (Å²) in [6, 6.07) is 0. The third-order valence-electron chi connectivity index (χ3n) is 6.55. The summed E-state index contributed by atoms with van der Waals surface area (Å²) in [7, 11) is -9.31. The Hall–Kier alpha value is -1.53. The molecule has 44 heavy (non-hydrogen) atoms. The van der Waals surface area contributed by atoms with Crippen LogP contribution in [0.1, 0.15) is 19.3 Å². The lowest BCUT2D eigenvalue weighted by atomic mass is 10.2. The minimum Gasteiger partial charge on any atom is -0.394 e. The van der Waals surface area contributed by atoms with E-state index in [-0.39, 0.29) is 25.2 Å². The van der Waals surface area contributed by atoms with E-state index in [1.54, 1.807) is 0 Å². The summed E-state index contributed by atoms with van der Waals surface area (Å²) in [4.78, 5) is 33.4. The minimum atomic E-state index is -4.66. The van der Waals surface area contributed by atoms with Crippen LogP contribution < -0.4 is 22.9 Å². The summed E-state index contributed by atoms with van der Waals surface area (Å²) in [5.74, 6) is 0.287. The number of rotatable bonds is 11. The quantitative estimate of drug-likeness (QED) is 0.0914. The van der Waals surface area contributed by atoms with E-state index >= 15 is 0 Å². The Bertz CT molecular complexity index is 1400. The van der Waals surface area contributed by atoms with Crippen molar-refractivity contribution in [2.75, 3.05) is 25.6 Å². The molecule has 0 saturated carbocycles. The summed E-state index contributed by atoms with van der Waals surface area (Å²) in [5.41, 5.74) is 23.6. The molecule has 250 valence electrons. The van der Waals surface area contributed by atoms with Crippen molar-refractivity contribution in [3.8, 4) is 0 Å². The van der Waals surface area contributed by atoms with E-state index in [0.717, 1.165) is 0 Å². The molecule has 3 aliphatic rings. The molecule has 0 aromatic carbocycles. The van der Waals surface area contributed by atoms with Crippen molar-refractivity contribution in [2.24, 2.45) is 17.2 Å². The van der Waals surface area contributed by atoms with Crippen molar-refractivity contribution in [1.82, 2.24) is 19.9 Å². The number of nitrogen functional groups attached to an aromatic ring is 1. The van der Waals surface area contributed by atoms with Crippen LogP contribution in [0.3, 0.4) is 0 Å². The zero-order valence-corrected chi connectivity index (χ0v) is 25.6. The summed E-state index contributed by atoms with van der Waals surface area (Å²) in [6.07, 6.45) is -6.66. The van der Waals surface area contributed by atoms with Crippen molar-refractivity contribution in [3.63, 3.8) is 0 Å². The van der Waals surface area contributed by atoms with Crippen molar-refractivity contribution in [1.29, 1.82) is 0 Å². The molecule has 11 unspecified atom stereocenters. The molecule has 3 fully saturated rings. The number of aromatic amines is 2. The molecule has 0 bridgehead atoms. The number of anilines is 1. The van der Waals surface area contributed by atoms with Crippen LogP contribution >= 0.6 is 27.9 Å². The van der Waals surface area contributed by atoms with Gasteiger partial charge in [0.05, 0.1) is 32.3 Å². The normalized spacial score (nSPS) is 34.8. The molecule has 0 aliphatic carbocycles. The lowest BCUT2D eigenvalue weighted by molar-refractivity contribution is -0.0431. The van der Waals surface area contributed by atoms with Gasteiger partial charge in [0, 0.05) is 19.3 Å². The molecule has 3 saturated heterocycles. The van der Waals surface area contributed by atoms with Gasteiger partial charge in [0.25, 0.3) is 0 Å². The van der Waals surface area contributed by atoms with Crippen molar-refractivity contribution in [2.45, 2.75) is 74.6 Å². The van der Waals surface area contributed by atoms with Gasteiger partial charge in [0.2, 0.25) is 5.95 Å². The van der Waals surface area contributed by atoms with E-state index in [1.165, 1.54) is 6.33 Å². The van der Waals surface area contributed by atoms with Crippen LogP contribution in [-0.2, 0) is 41.4 Å². The molecule has 0 amide bonds. The number of nitrogens with two attached hydrogens (primary N) is 4. The third kappa shape index (κ3) is 9.74. The van der Waals surface area contributed by atoms with Crippen LogP contribution in [0.5, 0.6) is 0 Å². The second-order valence-corrected chi connectivity index (χ2v) is 13.2. The molecule has 0 radical (unpaired) electrons. The predicted molar refractivity (Wildman–Crippen MR) is 150 cm³/mol. The second kappa shape index (κ2) is 14.9. The fourth-order valence-corrected chi connectivity index (χ4v) is 6.72. The number of aromatic nitrogens is 4. The van der Waals surface area contributed by atoms with Crippen molar-refractivity contribution >= 4 is 45.0 Å². The molecule has 2 aromatic heterocycles. The lowest BCUT2D eigenvalue weighted by Gasteiger charge is -2.24. The second-order valence-electron chi connectivity index (χ2n) is 9.97. The molecule has 3 aliphatic heterocycles. The third-order valence-corrected chi connectivity index (χ3v) is 8.87. The van der Waals surface area contributed by atoms with Crippen LogP contribution in [0.25, 0.3) is 11.2 Å². The number of phosphoric acid groups is 2. The highest BCUT2D eigenvalue weighted by Gasteiger charge is 2.44. The van der Waals surface area contributed by atoms with Crippen molar-refractivity contribution in [3.05, 3.63) is 11.0 Å². The smallest absolute Gasteiger partial charge is 0.394 e. The molecular formula is C20H36N8O13P2S. The molecule has 0 spiro atoms. The Morgan fingerprint density at radius 3 is 2.02 bits per heavy atom. The largest absolute Gasteiger partial charge is 0.472 e. The number of aliphatic hydroxyl groups excluding tert-OH is 2. The Morgan fingerprint density at radius 2 is 1.45 bits per heavy atom. The fourth-order valence-electron chi connectivity index (χ4n) is 4.54. The molecule has 24 heteroatoms.